The van der Waals surface area contributed by atoms with Crippen LogP contribution < -0.4 is 16.0 Å². The average molecular weight is 461 g/mol. The van der Waals surface area contributed by atoms with Gasteiger partial charge in [-0.25, -0.2) is 18.6 Å². The third-order valence-corrected chi connectivity index (χ3v) is 4.66. The Hall–Kier alpha value is -4.86. The number of rotatable bonds is 7. The van der Waals surface area contributed by atoms with Gasteiger partial charge < -0.3 is 21.1 Å². The minimum absolute atomic E-state index is 0.0652. The summed E-state index contributed by atoms with van der Waals surface area (Å²) < 4.78 is 28.0. The summed E-state index contributed by atoms with van der Waals surface area (Å²) in [5.41, 5.74) is 1.45. The van der Waals surface area contributed by atoms with E-state index in [4.69, 9.17) is 5.11 Å². The number of nitrogens with one attached hydrogen (secondary N) is 3. The number of para-hydroxylation sites is 1. The number of carbonyl (C=O) groups excluding carboxylic acids is 1. The third kappa shape index (κ3) is 5.30. The predicted molar refractivity (Wildman–Crippen MR) is 123 cm³/mol. The van der Waals surface area contributed by atoms with E-state index in [0.29, 0.717) is 11.4 Å². The van der Waals surface area contributed by atoms with Gasteiger partial charge in [0.2, 0.25) is 5.95 Å². The van der Waals surface area contributed by atoms with Crippen molar-refractivity contribution in [3.8, 4) is 0 Å². The molecule has 0 atom stereocenters. The molecule has 34 heavy (non-hydrogen) atoms. The molecule has 8 nitrogen and oxygen atoms in total. The molecule has 1 amide bonds. The smallest absolute Gasteiger partial charge is 0.335 e. The van der Waals surface area contributed by atoms with E-state index in [0.717, 1.165) is 6.20 Å². The molecule has 0 spiro atoms. The average Bonchev–Trinajstić information content (AvgIpc) is 2.83. The molecule has 1 aromatic heterocycles. The summed E-state index contributed by atoms with van der Waals surface area (Å²) in [5, 5.41) is 17.1. The highest BCUT2D eigenvalue weighted by molar-refractivity contribution is 6.04. The Labute approximate surface area is 192 Å². The molecule has 0 unspecified atom stereocenters. The molecule has 0 saturated heterocycles. The lowest BCUT2D eigenvalue weighted by molar-refractivity contribution is 0.0696. The van der Waals surface area contributed by atoms with Gasteiger partial charge in [0.1, 0.15) is 5.82 Å². The van der Waals surface area contributed by atoms with Crippen molar-refractivity contribution in [2.75, 3.05) is 16.0 Å². The van der Waals surface area contributed by atoms with E-state index in [1.54, 1.807) is 18.2 Å². The van der Waals surface area contributed by atoms with Gasteiger partial charge in [-0.15, -0.1) is 0 Å². The van der Waals surface area contributed by atoms with E-state index in [1.807, 2.05) is 0 Å². The minimum atomic E-state index is -1.05. The lowest BCUT2D eigenvalue weighted by Crippen LogP contribution is -2.12. The summed E-state index contributed by atoms with van der Waals surface area (Å²) in [4.78, 5) is 31.3. The first-order valence-corrected chi connectivity index (χ1v) is 9.95. The molecule has 10 heteroatoms. The monoisotopic (exact) mass is 461 g/mol. The summed E-state index contributed by atoms with van der Waals surface area (Å²) in [7, 11) is 0. The fourth-order valence-electron chi connectivity index (χ4n) is 2.94. The lowest BCUT2D eigenvalue weighted by Gasteiger charge is -2.10. The number of nitrogens with zero attached hydrogens (tertiary/aromatic N) is 2. The predicted octanol–water partition coefficient (Wildman–Crippen LogP) is 5.19. The Bertz CT molecular complexity index is 1350. The maximum Gasteiger partial charge on any atom is 0.335 e. The van der Waals surface area contributed by atoms with Crippen molar-refractivity contribution in [2.45, 2.75) is 0 Å². The van der Waals surface area contributed by atoms with Gasteiger partial charge in [-0.05, 0) is 60.7 Å². The molecular weight excluding hydrogens is 444 g/mol. The number of carboxylic acids is 1. The summed E-state index contributed by atoms with van der Waals surface area (Å²) in [6, 6.07) is 17.8. The molecule has 0 aliphatic rings. The van der Waals surface area contributed by atoms with Crippen LogP contribution in [0.15, 0.2) is 79.0 Å². The maximum atomic E-state index is 14.2. The Balaban J connectivity index is 1.44. The van der Waals surface area contributed by atoms with Gasteiger partial charge in [0, 0.05) is 16.9 Å². The van der Waals surface area contributed by atoms with Crippen LogP contribution in [-0.4, -0.2) is 27.0 Å². The Morgan fingerprint density at radius 1 is 0.765 bits per heavy atom. The maximum absolute atomic E-state index is 14.2. The van der Waals surface area contributed by atoms with Crippen molar-refractivity contribution in [3.63, 3.8) is 0 Å². The fraction of sp³-hybridized carbons (Fsp3) is 0. The fourth-order valence-corrected chi connectivity index (χ4v) is 2.94. The van der Waals surface area contributed by atoms with Crippen molar-refractivity contribution >= 4 is 40.7 Å². The van der Waals surface area contributed by atoms with Crippen LogP contribution in [0.5, 0.6) is 0 Å². The van der Waals surface area contributed by atoms with Crippen LogP contribution >= 0.6 is 0 Å². The van der Waals surface area contributed by atoms with Crippen LogP contribution in [-0.2, 0) is 0 Å². The number of halogens is 2. The summed E-state index contributed by atoms with van der Waals surface area (Å²) in [6.45, 7) is 0. The number of aromatic carboxylic acids is 1. The highest BCUT2D eigenvalue weighted by atomic mass is 19.1. The van der Waals surface area contributed by atoms with Crippen LogP contribution in [0.2, 0.25) is 0 Å². The normalized spacial score (nSPS) is 10.4. The van der Waals surface area contributed by atoms with Crippen LogP contribution in [0.1, 0.15) is 20.7 Å². The van der Waals surface area contributed by atoms with Gasteiger partial charge in [0.05, 0.1) is 17.4 Å². The molecule has 3 aromatic carbocycles. The molecular formula is C24H17F2N5O3. The zero-order chi connectivity index (χ0) is 24.1. The second kappa shape index (κ2) is 9.74. The van der Waals surface area contributed by atoms with E-state index in [-0.39, 0.29) is 28.6 Å². The molecule has 0 bridgehead atoms. The van der Waals surface area contributed by atoms with Crippen LogP contribution in [0, 0.1) is 11.6 Å². The van der Waals surface area contributed by atoms with Gasteiger partial charge in [-0.3, -0.25) is 4.79 Å². The van der Waals surface area contributed by atoms with E-state index in [2.05, 4.69) is 25.9 Å². The van der Waals surface area contributed by atoms with Crippen molar-refractivity contribution in [2.24, 2.45) is 0 Å². The highest BCUT2D eigenvalue weighted by Gasteiger charge is 2.11. The lowest BCUT2D eigenvalue weighted by atomic mass is 10.2. The van der Waals surface area contributed by atoms with Gasteiger partial charge >= 0.3 is 5.97 Å². The molecule has 4 N–H and O–H groups in total. The molecule has 0 fully saturated rings. The summed E-state index contributed by atoms with van der Waals surface area (Å²) >= 11 is 0. The molecule has 1 heterocycles. The van der Waals surface area contributed by atoms with E-state index in [9.17, 15) is 18.4 Å². The van der Waals surface area contributed by atoms with Gasteiger partial charge in [-0.1, -0.05) is 12.1 Å². The second-order valence-electron chi connectivity index (χ2n) is 7.03. The molecule has 0 aliphatic heterocycles. The molecule has 0 radical (unpaired) electrons. The Morgan fingerprint density at radius 3 is 2.03 bits per heavy atom. The first kappa shape index (κ1) is 22.3. The van der Waals surface area contributed by atoms with Crippen LogP contribution in [0.3, 0.4) is 0 Å². The van der Waals surface area contributed by atoms with E-state index < -0.39 is 23.5 Å². The SMILES string of the molecule is O=C(O)c1ccc(Nc2ncc(F)c(Nc3ccc(C(=O)Nc4ccccc4F)cc3)n2)cc1. The number of carbonyl (C=O) groups is 2. The van der Waals surface area contributed by atoms with E-state index >= 15 is 0 Å². The molecule has 4 aromatic rings. The number of aromatic nitrogens is 2. The van der Waals surface area contributed by atoms with Crippen molar-refractivity contribution < 1.29 is 23.5 Å². The summed E-state index contributed by atoms with van der Waals surface area (Å²) in [5.74, 6) is -2.81. The van der Waals surface area contributed by atoms with Crippen LogP contribution in [0.25, 0.3) is 0 Å². The Morgan fingerprint density at radius 2 is 1.38 bits per heavy atom. The zero-order valence-corrected chi connectivity index (χ0v) is 17.4. The van der Waals surface area contributed by atoms with Gasteiger partial charge in [0.15, 0.2) is 11.6 Å². The van der Waals surface area contributed by atoms with Crippen molar-refractivity contribution in [1.82, 2.24) is 9.97 Å². The summed E-state index contributed by atoms with van der Waals surface area (Å²) in [6.07, 6.45) is 0.986. The van der Waals surface area contributed by atoms with Crippen molar-refractivity contribution in [3.05, 3.63) is 102 Å². The number of hydrogen-bond acceptors (Lipinski definition) is 6. The zero-order valence-electron chi connectivity index (χ0n) is 17.4. The number of amides is 1. The standard InChI is InChI=1S/C24H17F2N5O3/c25-18-3-1-2-4-20(18)30-22(32)14-5-9-16(10-6-14)28-21-19(26)13-27-24(31-21)29-17-11-7-15(8-12-17)23(33)34/h1-13H,(H,30,32)(H,33,34)(H2,27,28,29,31). The first-order valence-electron chi connectivity index (χ1n) is 9.95. The highest BCUT2D eigenvalue weighted by Crippen LogP contribution is 2.22. The second-order valence-corrected chi connectivity index (χ2v) is 7.03. The number of benzene rings is 3. The van der Waals surface area contributed by atoms with Gasteiger partial charge in [-0.2, -0.15) is 4.98 Å². The number of carboxylic acid groups (broad SMARTS) is 1. The minimum Gasteiger partial charge on any atom is -0.478 e. The topological polar surface area (TPSA) is 116 Å². The number of anilines is 5. The first-order chi connectivity index (χ1) is 16.4. The van der Waals surface area contributed by atoms with Gasteiger partial charge in [0.25, 0.3) is 5.91 Å². The van der Waals surface area contributed by atoms with Crippen LogP contribution in [0.4, 0.5) is 37.6 Å². The van der Waals surface area contributed by atoms with E-state index in [1.165, 1.54) is 54.6 Å². The third-order valence-electron chi connectivity index (χ3n) is 4.66. The molecule has 0 aliphatic carbocycles. The number of hydrogen-bond donors (Lipinski definition) is 4. The van der Waals surface area contributed by atoms with Crippen molar-refractivity contribution in [1.29, 1.82) is 0 Å². The molecule has 170 valence electrons. The quantitative estimate of drug-likeness (QED) is 0.299. The largest absolute Gasteiger partial charge is 0.478 e. The Kier molecular flexibility index (Phi) is 6.40. The molecule has 4 rings (SSSR count). The molecule has 0 saturated carbocycles.